The first-order valence-electron chi connectivity index (χ1n) is 7.74. The number of ether oxygens (including phenoxy) is 1. The molecule has 3 rings (SSSR count). The van der Waals surface area contributed by atoms with E-state index in [2.05, 4.69) is 22.4 Å². The fraction of sp³-hybridized carbons (Fsp3) is 0.211. The van der Waals surface area contributed by atoms with E-state index >= 15 is 0 Å². The van der Waals surface area contributed by atoms with Gasteiger partial charge in [0.05, 0.1) is 12.6 Å². The molecule has 0 amide bonds. The van der Waals surface area contributed by atoms with Gasteiger partial charge in [0.1, 0.15) is 11.6 Å². The van der Waals surface area contributed by atoms with Crippen LogP contribution in [0.15, 0.2) is 60.2 Å². The molecule has 1 N–H and O–H groups in total. The largest absolute Gasteiger partial charge is 0.497 e. The van der Waals surface area contributed by atoms with E-state index in [-0.39, 0.29) is 11.9 Å². The van der Waals surface area contributed by atoms with Crippen LogP contribution >= 0.6 is 11.3 Å². The first-order chi connectivity index (χ1) is 11.7. The van der Waals surface area contributed by atoms with E-state index in [0.717, 1.165) is 24.3 Å². The molecule has 0 spiro atoms. The fourth-order valence-corrected chi connectivity index (χ4v) is 3.10. The van der Waals surface area contributed by atoms with Gasteiger partial charge in [-0.3, -0.25) is 4.98 Å². The predicted octanol–water partition coefficient (Wildman–Crippen LogP) is 4.36. The highest BCUT2D eigenvalue weighted by Gasteiger charge is 2.13. The summed E-state index contributed by atoms with van der Waals surface area (Å²) in [7, 11) is 1.66. The molecule has 1 heterocycles. The van der Waals surface area contributed by atoms with Gasteiger partial charge in [-0.15, -0.1) is 11.3 Å². The van der Waals surface area contributed by atoms with Crippen LogP contribution in [0.3, 0.4) is 0 Å². The molecular weight excluding hydrogens is 323 g/mol. The smallest absolute Gasteiger partial charge is 0.123 e. The van der Waals surface area contributed by atoms with Crippen LogP contribution in [0.2, 0.25) is 0 Å². The van der Waals surface area contributed by atoms with Gasteiger partial charge in [0.2, 0.25) is 0 Å². The van der Waals surface area contributed by atoms with Crippen LogP contribution in [0.25, 0.3) is 0 Å². The average molecular weight is 342 g/mol. The maximum Gasteiger partial charge on any atom is 0.123 e. The molecule has 0 saturated carbocycles. The quantitative estimate of drug-likeness (QED) is 0.692. The van der Waals surface area contributed by atoms with Crippen molar-refractivity contribution in [2.45, 2.75) is 19.0 Å². The number of thiazole rings is 1. The maximum atomic E-state index is 13.1. The van der Waals surface area contributed by atoms with Crippen molar-refractivity contribution < 1.29 is 9.13 Å². The Morgan fingerprint density at radius 2 is 1.88 bits per heavy atom. The summed E-state index contributed by atoms with van der Waals surface area (Å²) < 4.78 is 18.4. The Kier molecular flexibility index (Phi) is 5.56. The molecule has 2 aromatic carbocycles. The molecule has 0 bridgehead atoms. The maximum absolute atomic E-state index is 13.1. The molecule has 5 heteroatoms. The third kappa shape index (κ3) is 4.40. The number of halogens is 1. The molecule has 3 aromatic rings. The molecule has 3 nitrogen and oxygen atoms in total. The van der Waals surface area contributed by atoms with Crippen LogP contribution in [0.5, 0.6) is 5.75 Å². The molecule has 0 aliphatic heterocycles. The van der Waals surface area contributed by atoms with E-state index in [4.69, 9.17) is 4.74 Å². The summed E-state index contributed by atoms with van der Waals surface area (Å²) in [6.45, 7) is 0.753. The topological polar surface area (TPSA) is 34.1 Å². The third-order valence-corrected chi connectivity index (χ3v) is 4.66. The van der Waals surface area contributed by atoms with Gasteiger partial charge in [-0.2, -0.15) is 0 Å². The zero-order valence-electron chi connectivity index (χ0n) is 13.4. The van der Waals surface area contributed by atoms with Crippen molar-refractivity contribution in [1.82, 2.24) is 10.3 Å². The molecule has 0 aliphatic rings. The standard InChI is InChI=1S/C19H19FN2OS/c1-23-17-8-4-15(5-9-17)19(22-12-18-11-21-13-24-18)10-14-2-6-16(20)7-3-14/h2-9,11,13,19,22H,10,12H2,1H3. The molecule has 0 saturated heterocycles. The lowest BCUT2D eigenvalue weighted by Crippen LogP contribution is -2.22. The lowest BCUT2D eigenvalue weighted by atomic mass is 9.98. The fourth-order valence-electron chi connectivity index (χ4n) is 2.55. The van der Waals surface area contributed by atoms with E-state index < -0.39 is 0 Å². The number of hydrogen-bond donors (Lipinski definition) is 1. The van der Waals surface area contributed by atoms with Gasteiger partial charge in [0.15, 0.2) is 0 Å². The van der Waals surface area contributed by atoms with Crippen LogP contribution in [0.1, 0.15) is 22.0 Å². The molecule has 0 aliphatic carbocycles. The Morgan fingerprint density at radius 1 is 1.12 bits per heavy atom. The van der Waals surface area contributed by atoms with Gasteiger partial charge in [0.25, 0.3) is 0 Å². The normalized spacial score (nSPS) is 12.1. The minimum atomic E-state index is -0.211. The number of nitrogens with one attached hydrogen (secondary N) is 1. The second-order valence-corrected chi connectivity index (χ2v) is 6.48. The first-order valence-corrected chi connectivity index (χ1v) is 8.61. The molecule has 0 fully saturated rings. The van der Waals surface area contributed by atoms with E-state index in [1.165, 1.54) is 22.6 Å². The molecular formula is C19H19FN2OS. The second-order valence-electron chi connectivity index (χ2n) is 5.50. The van der Waals surface area contributed by atoms with Crippen LogP contribution < -0.4 is 10.1 Å². The Hall–Kier alpha value is -2.24. The van der Waals surface area contributed by atoms with Crippen molar-refractivity contribution >= 4 is 11.3 Å². The highest BCUT2D eigenvalue weighted by Crippen LogP contribution is 2.22. The lowest BCUT2D eigenvalue weighted by molar-refractivity contribution is 0.414. The minimum absolute atomic E-state index is 0.128. The molecule has 1 atom stereocenters. The highest BCUT2D eigenvalue weighted by atomic mass is 32.1. The van der Waals surface area contributed by atoms with Crippen LogP contribution in [0, 0.1) is 5.82 Å². The van der Waals surface area contributed by atoms with Crippen LogP contribution in [-0.4, -0.2) is 12.1 Å². The SMILES string of the molecule is COc1ccc(C(Cc2ccc(F)cc2)NCc2cncs2)cc1. The summed E-state index contributed by atoms with van der Waals surface area (Å²) in [6, 6.07) is 14.8. The van der Waals surface area contributed by atoms with E-state index in [1.807, 2.05) is 36.0 Å². The average Bonchev–Trinajstić information content (AvgIpc) is 3.14. The van der Waals surface area contributed by atoms with Gasteiger partial charge >= 0.3 is 0 Å². The number of rotatable bonds is 7. The van der Waals surface area contributed by atoms with Crippen molar-refractivity contribution in [2.75, 3.05) is 7.11 Å². The second kappa shape index (κ2) is 8.04. The number of aromatic nitrogens is 1. The highest BCUT2D eigenvalue weighted by molar-refractivity contribution is 7.09. The number of benzene rings is 2. The number of hydrogen-bond acceptors (Lipinski definition) is 4. The molecule has 1 aromatic heterocycles. The molecule has 0 radical (unpaired) electrons. The van der Waals surface area contributed by atoms with Gasteiger partial charge in [-0.25, -0.2) is 4.39 Å². The number of methoxy groups -OCH3 is 1. The van der Waals surface area contributed by atoms with Gasteiger partial charge < -0.3 is 10.1 Å². The van der Waals surface area contributed by atoms with E-state index in [9.17, 15) is 4.39 Å². The Morgan fingerprint density at radius 3 is 2.50 bits per heavy atom. The van der Waals surface area contributed by atoms with Crippen molar-refractivity contribution in [3.8, 4) is 5.75 Å². The zero-order valence-corrected chi connectivity index (χ0v) is 14.2. The third-order valence-electron chi connectivity index (χ3n) is 3.88. The summed E-state index contributed by atoms with van der Waals surface area (Å²) in [5.74, 6) is 0.624. The summed E-state index contributed by atoms with van der Waals surface area (Å²) in [5, 5.41) is 3.57. The predicted molar refractivity (Wildman–Crippen MR) is 94.8 cm³/mol. The van der Waals surface area contributed by atoms with Crippen molar-refractivity contribution in [1.29, 1.82) is 0 Å². The molecule has 124 valence electrons. The summed E-state index contributed by atoms with van der Waals surface area (Å²) in [5.41, 5.74) is 4.10. The summed E-state index contributed by atoms with van der Waals surface area (Å²) in [6.07, 6.45) is 2.66. The van der Waals surface area contributed by atoms with Crippen LogP contribution in [-0.2, 0) is 13.0 Å². The Labute approximate surface area is 145 Å². The summed E-state index contributed by atoms with van der Waals surface area (Å²) >= 11 is 1.63. The van der Waals surface area contributed by atoms with Crippen molar-refractivity contribution in [3.63, 3.8) is 0 Å². The minimum Gasteiger partial charge on any atom is -0.497 e. The Balaban J connectivity index is 1.77. The van der Waals surface area contributed by atoms with Gasteiger partial charge in [0, 0.05) is 23.7 Å². The lowest BCUT2D eigenvalue weighted by Gasteiger charge is -2.19. The number of nitrogens with zero attached hydrogens (tertiary/aromatic N) is 1. The Bertz CT molecular complexity index is 742. The van der Waals surface area contributed by atoms with E-state index in [0.29, 0.717) is 0 Å². The molecule has 24 heavy (non-hydrogen) atoms. The monoisotopic (exact) mass is 342 g/mol. The summed E-state index contributed by atoms with van der Waals surface area (Å²) in [4.78, 5) is 5.30. The first kappa shape index (κ1) is 16.6. The van der Waals surface area contributed by atoms with Crippen LogP contribution in [0.4, 0.5) is 4.39 Å². The molecule has 1 unspecified atom stereocenters. The van der Waals surface area contributed by atoms with Crippen molar-refractivity contribution in [3.05, 3.63) is 82.1 Å². The zero-order chi connectivity index (χ0) is 16.8. The van der Waals surface area contributed by atoms with E-state index in [1.54, 1.807) is 18.4 Å². The van der Waals surface area contributed by atoms with Gasteiger partial charge in [-0.1, -0.05) is 24.3 Å². The van der Waals surface area contributed by atoms with Crippen molar-refractivity contribution in [2.24, 2.45) is 0 Å². The van der Waals surface area contributed by atoms with Gasteiger partial charge in [-0.05, 0) is 41.8 Å².